The molecule has 1 aromatic carbocycles. The van der Waals surface area contributed by atoms with Crippen molar-refractivity contribution in [2.75, 3.05) is 0 Å². The van der Waals surface area contributed by atoms with Gasteiger partial charge in [0.25, 0.3) is 0 Å². The van der Waals surface area contributed by atoms with E-state index in [-0.39, 0.29) is 23.0 Å². The molecule has 5 rings (SSSR count). The Morgan fingerprint density at radius 1 is 0.971 bits per heavy atom. The maximum Gasteiger partial charge on any atom is 0.433 e. The highest BCUT2D eigenvalue weighted by Gasteiger charge is 2.33. The van der Waals surface area contributed by atoms with Crippen molar-refractivity contribution in [1.29, 1.82) is 0 Å². The quantitative estimate of drug-likeness (QED) is 0.329. The Morgan fingerprint density at radius 2 is 1.77 bits per heavy atom. The fourth-order valence-electron chi connectivity index (χ4n) is 3.30. The van der Waals surface area contributed by atoms with Gasteiger partial charge in [-0.15, -0.1) is 5.10 Å². The van der Waals surface area contributed by atoms with Gasteiger partial charge in [0.15, 0.2) is 17.3 Å². The first-order valence-electron chi connectivity index (χ1n) is 10.4. The molecule has 0 amide bonds. The molecular weight excluding hydrogens is 463 g/mol. The first-order chi connectivity index (χ1) is 16.9. The van der Waals surface area contributed by atoms with Gasteiger partial charge in [0, 0.05) is 24.0 Å². The summed E-state index contributed by atoms with van der Waals surface area (Å²) in [6.45, 7) is 1.84. The number of rotatable bonds is 6. The van der Waals surface area contributed by atoms with Gasteiger partial charge in [-0.3, -0.25) is 4.98 Å². The molecule has 35 heavy (non-hydrogen) atoms. The summed E-state index contributed by atoms with van der Waals surface area (Å²) in [5.41, 5.74) is 0.325. The molecule has 0 saturated heterocycles. The minimum Gasteiger partial charge on any atom is -0.439 e. The minimum atomic E-state index is -4.63. The van der Waals surface area contributed by atoms with Crippen molar-refractivity contribution in [2.24, 2.45) is 0 Å². The molecule has 0 atom stereocenters. The fourth-order valence-corrected chi connectivity index (χ4v) is 3.30. The highest BCUT2D eigenvalue weighted by molar-refractivity contribution is 5.63. The number of nitrogens with zero attached hydrogens (tertiary/aromatic N) is 7. The fraction of sp³-hybridized carbons (Fsp3) is 0.130. The molecule has 0 unspecified atom stereocenters. The Bertz CT molecular complexity index is 1470. The van der Waals surface area contributed by atoms with Gasteiger partial charge in [0.05, 0.1) is 5.69 Å². The summed E-state index contributed by atoms with van der Waals surface area (Å²) in [4.78, 5) is 12.2. The van der Waals surface area contributed by atoms with Gasteiger partial charge in [-0.1, -0.05) is 30.3 Å². The van der Waals surface area contributed by atoms with E-state index in [9.17, 15) is 13.2 Å². The first-order valence-corrected chi connectivity index (χ1v) is 10.4. The predicted molar refractivity (Wildman–Crippen MR) is 117 cm³/mol. The smallest absolute Gasteiger partial charge is 0.433 e. The van der Waals surface area contributed by atoms with E-state index >= 15 is 0 Å². The highest BCUT2D eigenvalue weighted by atomic mass is 19.4. The number of ether oxygens (including phenoxy) is 1. The topological polar surface area (TPSA) is 105 Å². The molecule has 0 aliphatic heterocycles. The minimum absolute atomic E-state index is 0.0981. The van der Waals surface area contributed by atoms with Crippen molar-refractivity contribution in [2.45, 2.75) is 19.5 Å². The van der Waals surface area contributed by atoms with Crippen LogP contribution < -0.4 is 4.74 Å². The lowest BCUT2D eigenvalue weighted by Gasteiger charge is -2.08. The lowest BCUT2D eigenvalue weighted by atomic mass is 10.2. The monoisotopic (exact) mass is 479 g/mol. The number of hydrogen-bond acceptors (Lipinski definition) is 8. The van der Waals surface area contributed by atoms with Crippen molar-refractivity contribution >= 4 is 0 Å². The average Bonchev–Trinajstić information content (AvgIpc) is 3.51. The van der Waals surface area contributed by atoms with Gasteiger partial charge in [-0.2, -0.15) is 13.2 Å². The predicted octanol–water partition coefficient (Wildman–Crippen LogP) is 5.15. The Balaban J connectivity index is 1.61. The summed E-state index contributed by atoms with van der Waals surface area (Å²) in [6.07, 6.45) is -1.57. The van der Waals surface area contributed by atoms with Crippen LogP contribution in [0.3, 0.4) is 0 Å². The average molecular weight is 479 g/mol. The summed E-state index contributed by atoms with van der Waals surface area (Å²) in [7, 11) is 0. The molecule has 0 fully saturated rings. The number of hydrogen-bond donors (Lipinski definition) is 0. The zero-order valence-corrected chi connectivity index (χ0v) is 18.1. The molecule has 9 nitrogen and oxygen atoms in total. The molecule has 0 aliphatic carbocycles. The third kappa shape index (κ3) is 4.58. The van der Waals surface area contributed by atoms with E-state index < -0.39 is 11.9 Å². The van der Waals surface area contributed by atoms with Crippen molar-refractivity contribution in [1.82, 2.24) is 35.0 Å². The van der Waals surface area contributed by atoms with Gasteiger partial charge in [-0.05, 0) is 41.9 Å². The van der Waals surface area contributed by atoms with Crippen molar-refractivity contribution < 1.29 is 22.5 Å². The van der Waals surface area contributed by atoms with E-state index in [1.54, 1.807) is 24.3 Å². The lowest BCUT2D eigenvalue weighted by molar-refractivity contribution is -0.141. The number of halogens is 3. The zero-order chi connectivity index (χ0) is 24.4. The van der Waals surface area contributed by atoms with Gasteiger partial charge >= 0.3 is 6.18 Å². The number of aryl methyl sites for hydroxylation is 1. The number of benzene rings is 1. The Hall–Kier alpha value is -4.61. The highest BCUT2D eigenvalue weighted by Crippen LogP contribution is 2.31. The van der Waals surface area contributed by atoms with E-state index in [0.29, 0.717) is 29.3 Å². The summed E-state index contributed by atoms with van der Waals surface area (Å²) in [5, 5.41) is 12.2. The maximum absolute atomic E-state index is 13.3. The Labute approximate surface area is 196 Å². The molecule has 0 radical (unpaired) electrons. The summed E-state index contributed by atoms with van der Waals surface area (Å²) < 4.78 is 51.8. The molecule has 0 aliphatic rings. The van der Waals surface area contributed by atoms with E-state index in [4.69, 9.17) is 9.37 Å². The Kier molecular flexibility index (Phi) is 5.69. The maximum atomic E-state index is 13.3. The van der Waals surface area contributed by atoms with Crippen LogP contribution in [-0.2, 0) is 12.6 Å². The summed E-state index contributed by atoms with van der Waals surface area (Å²) in [5.74, 6) is 1.27. The molecule has 4 aromatic heterocycles. The van der Waals surface area contributed by atoms with E-state index in [0.717, 1.165) is 12.3 Å². The number of pyridine rings is 2. The molecule has 0 bridgehead atoms. The van der Waals surface area contributed by atoms with Crippen LogP contribution in [0, 0.1) is 0 Å². The van der Waals surface area contributed by atoms with E-state index in [2.05, 4.69) is 30.4 Å². The van der Waals surface area contributed by atoms with Crippen molar-refractivity contribution in [3.63, 3.8) is 0 Å². The van der Waals surface area contributed by atoms with Crippen molar-refractivity contribution in [3.8, 4) is 40.2 Å². The normalized spacial score (nSPS) is 11.5. The third-order valence-electron chi connectivity index (χ3n) is 4.95. The second-order valence-corrected chi connectivity index (χ2v) is 7.28. The number of para-hydroxylation sites is 1. The molecule has 0 N–H and O–H groups in total. The number of aromatic nitrogens is 7. The second kappa shape index (κ2) is 8.97. The van der Waals surface area contributed by atoms with Crippen LogP contribution in [0.15, 0.2) is 71.6 Å². The van der Waals surface area contributed by atoms with Gasteiger partial charge in [0.2, 0.25) is 5.88 Å². The van der Waals surface area contributed by atoms with E-state index in [1.807, 2.05) is 25.1 Å². The lowest BCUT2D eigenvalue weighted by Crippen LogP contribution is -2.10. The molecule has 4 heterocycles. The van der Waals surface area contributed by atoms with Crippen LogP contribution in [0.25, 0.3) is 28.6 Å². The third-order valence-corrected chi connectivity index (χ3v) is 4.95. The second-order valence-electron chi connectivity index (χ2n) is 7.28. The van der Waals surface area contributed by atoms with Crippen LogP contribution >= 0.6 is 0 Å². The summed E-state index contributed by atoms with van der Waals surface area (Å²) in [6, 6.07) is 14.7. The van der Waals surface area contributed by atoms with Crippen LogP contribution in [0.1, 0.15) is 18.3 Å². The van der Waals surface area contributed by atoms with Gasteiger partial charge in [-0.25, -0.2) is 19.3 Å². The SMILES string of the molecule is CCc1nonc1-c1nc(-c2ccnc(Oc3ccccc3)c2)nn1-c1ccnc(C(F)(F)F)c1. The summed E-state index contributed by atoms with van der Waals surface area (Å²) >= 11 is 0. The molecule has 0 saturated carbocycles. The standard InChI is InChI=1S/C23H16F3N7O2/c1-2-17-20(32-35-31-17)22-29-21(30-33(22)15-9-11-27-18(13-15)23(24,25)26)14-8-10-28-19(12-14)34-16-6-4-3-5-7-16/h3-13H,2H2,1H3. The molecule has 176 valence electrons. The van der Waals surface area contributed by atoms with Crippen LogP contribution in [0.4, 0.5) is 13.2 Å². The molecule has 5 aromatic rings. The van der Waals surface area contributed by atoms with Crippen LogP contribution in [0.5, 0.6) is 11.6 Å². The molecule has 12 heteroatoms. The largest absolute Gasteiger partial charge is 0.439 e. The van der Waals surface area contributed by atoms with E-state index in [1.165, 1.54) is 16.9 Å². The van der Waals surface area contributed by atoms with Crippen molar-refractivity contribution in [3.05, 3.63) is 78.4 Å². The van der Waals surface area contributed by atoms with Crippen LogP contribution in [0.2, 0.25) is 0 Å². The van der Waals surface area contributed by atoms with Gasteiger partial charge in [0.1, 0.15) is 17.1 Å². The molecular formula is C23H16F3N7O2. The zero-order valence-electron chi connectivity index (χ0n) is 18.1. The molecule has 0 spiro atoms. The van der Waals surface area contributed by atoms with Crippen LogP contribution in [-0.4, -0.2) is 35.0 Å². The number of alkyl halides is 3. The van der Waals surface area contributed by atoms with Gasteiger partial charge < -0.3 is 4.74 Å². The first kappa shape index (κ1) is 22.2. The Morgan fingerprint density at radius 3 is 2.54 bits per heavy atom.